The van der Waals surface area contributed by atoms with E-state index in [1.54, 1.807) is 17.9 Å². The third-order valence-corrected chi connectivity index (χ3v) is 6.37. The van der Waals surface area contributed by atoms with Crippen LogP contribution in [0.25, 0.3) is 10.9 Å². The molecule has 1 saturated heterocycles. The van der Waals surface area contributed by atoms with E-state index in [-0.39, 0.29) is 17.9 Å². The summed E-state index contributed by atoms with van der Waals surface area (Å²) in [6.45, 7) is 3.92. The Hall–Kier alpha value is -3.93. The van der Waals surface area contributed by atoms with Crippen molar-refractivity contribution in [2.24, 2.45) is 0 Å². The van der Waals surface area contributed by atoms with Crippen LogP contribution in [0.4, 0.5) is 35.2 Å². The number of rotatable bonds is 5. The van der Waals surface area contributed by atoms with Gasteiger partial charge in [0.15, 0.2) is 17.5 Å². The van der Waals surface area contributed by atoms with Crippen molar-refractivity contribution in [2.75, 3.05) is 47.8 Å². The minimum absolute atomic E-state index is 0.0131. The van der Waals surface area contributed by atoms with Gasteiger partial charge in [0.2, 0.25) is 0 Å². The van der Waals surface area contributed by atoms with Gasteiger partial charge in [0.1, 0.15) is 12.1 Å². The topological polar surface area (TPSA) is 102 Å². The Labute approximate surface area is 197 Å². The fourth-order valence-electron chi connectivity index (χ4n) is 4.57. The Bertz CT molecular complexity index is 1360. The number of carbonyl (C=O) groups is 2. The molecule has 9 nitrogen and oxygen atoms in total. The second kappa shape index (κ2) is 8.69. The molecule has 3 heterocycles. The molecule has 182 valence electrons. The van der Waals surface area contributed by atoms with E-state index < -0.39 is 35.0 Å². The van der Waals surface area contributed by atoms with Crippen LogP contribution in [-0.2, 0) is 6.54 Å². The summed E-state index contributed by atoms with van der Waals surface area (Å²) in [5.41, 5.74) is 0.175. The lowest BCUT2D eigenvalue weighted by atomic mass is 10.1. The largest absolute Gasteiger partial charge is 0.478 e. The highest BCUT2D eigenvalue weighted by molar-refractivity contribution is 6.17. The molecule has 1 fully saturated rings. The maximum absolute atomic E-state index is 15.5. The molecule has 3 aromatic rings. The van der Waals surface area contributed by atoms with Crippen molar-refractivity contribution in [3.63, 3.8) is 0 Å². The zero-order valence-corrected chi connectivity index (χ0v) is 18.7. The predicted molar refractivity (Wildman–Crippen MR) is 122 cm³/mol. The molecule has 0 spiro atoms. The normalized spacial score (nSPS) is 16.1. The first-order chi connectivity index (χ1) is 16.8. The van der Waals surface area contributed by atoms with E-state index in [0.29, 0.717) is 55.0 Å². The molecule has 2 aromatic carbocycles. The molecule has 2 aliphatic heterocycles. The Morgan fingerprint density at radius 2 is 1.83 bits per heavy atom. The minimum atomic E-state index is -1.54. The van der Waals surface area contributed by atoms with Gasteiger partial charge in [-0.05, 0) is 25.1 Å². The van der Waals surface area contributed by atoms with E-state index in [9.17, 15) is 18.4 Å². The monoisotopic (exact) mass is 486 g/mol. The Balaban J connectivity index is 1.36. The summed E-state index contributed by atoms with van der Waals surface area (Å²) in [5.74, 6) is -4.33. The highest BCUT2D eigenvalue weighted by Gasteiger charge is 2.31. The first-order valence-corrected chi connectivity index (χ1v) is 11.0. The summed E-state index contributed by atoms with van der Waals surface area (Å²) in [6.07, 6.45) is 1.34. The lowest BCUT2D eigenvalue weighted by Gasteiger charge is -2.36. The number of benzene rings is 2. The zero-order chi connectivity index (χ0) is 24.9. The van der Waals surface area contributed by atoms with Crippen molar-refractivity contribution in [1.82, 2.24) is 14.9 Å². The number of carbonyl (C=O) groups excluding carboxylic acids is 1. The molecule has 2 N–H and O–H groups in total. The van der Waals surface area contributed by atoms with Crippen LogP contribution in [-0.4, -0.2) is 64.7 Å². The van der Waals surface area contributed by atoms with Crippen LogP contribution >= 0.6 is 0 Å². The van der Waals surface area contributed by atoms with Gasteiger partial charge in [-0.15, -0.1) is 0 Å². The first-order valence-electron chi connectivity index (χ1n) is 11.0. The van der Waals surface area contributed by atoms with Gasteiger partial charge in [-0.3, -0.25) is 9.80 Å². The number of aromatic nitrogens is 2. The van der Waals surface area contributed by atoms with Crippen LogP contribution in [0.1, 0.15) is 22.8 Å². The second-order valence-electron chi connectivity index (χ2n) is 8.32. The fraction of sp³-hybridized carbons (Fsp3) is 0.304. The van der Waals surface area contributed by atoms with E-state index in [1.165, 1.54) is 17.3 Å². The van der Waals surface area contributed by atoms with E-state index >= 15 is 4.39 Å². The van der Waals surface area contributed by atoms with Crippen molar-refractivity contribution < 1.29 is 27.9 Å². The maximum Gasteiger partial charge on any atom is 0.338 e. The number of carboxylic acid groups (broad SMARTS) is 1. The van der Waals surface area contributed by atoms with Gasteiger partial charge >= 0.3 is 12.0 Å². The number of halogens is 3. The number of urea groups is 1. The van der Waals surface area contributed by atoms with Gasteiger partial charge in [0.05, 0.1) is 27.8 Å². The number of anilines is 3. The molecule has 0 bridgehead atoms. The average Bonchev–Trinajstić information content (AvgIpc) is 2.84. The van der Waals surface area contributed by atoms with Crippen LogP contribution in [0, 0.1) is 17.5 Å². The molecule has 35 heavy (non-hydrogen) atoms. The van der Waals surface area contributed by atoms with Gasteiger partial charge in [-0.2, -0.15) is 0 Å². The quantitative estimate of drug-likeness (QED) is 0.570. The molecule has 0 unspecified atom stereocenters. The molecule has 0 aliphatic carbocycles. The van der Waals surface area contributed by atoms with Crippen LogP contribution in [0.5, 0.6) is 0 Å². The Morgan fingerprint density at radius 1 is 1.09 bits per heavy atom. The maximum atomic E-state index is 15.5. The number of nitrogens with zero attached hydrogens (tertiary/aromatic N) is 5. The molecular weight excluding hydrogens is 465 g/mol. The van der Waals surface area contributed by atoms with Crippen molar-refractivity contribution in [3.8, 4) is 0 Å². The van der Waals surface area contributed by atoms with Gasteiger partial charge in [0.25, 0.3) is 0 Å². The number of hydrogen-bond acceptors (Lipinski definition) is 6. The predicted octanol–water partition coefficient (Wildman–Crippen LogP) is 3.44. The highest BCUT2D eigenvalue weighted by Crippen LogP contribution is 2.38. The summed E-state index contributed by atoms with van der Waals surface area (Å²) in [4.78, 5) is 36.9. The third-order valence-electron chi connectivity index (χ3n) is 6.37. The lowest BCUT2D eigenvalue weighted by Crippen LogP contribution is -2.46. The molecule has 0 radical (unpaired) electrons. The smallest absolute Gasteiger partial charge is 0.338 e. The minimum Gasteiger partial charge on any atom is -0.478 e. The third kappa shape index (κ3) is 3.79. The molecule has 2 amide bonds. The number of carboxylic acids is 1. The Morgan fingerprint density at radius 3 is 2.51 bits per heavy atom. The molecular formula is C23H21F3N6O3. The molecule has 1 aromatic heterocycles. The van der Waals surface area contributed by atoms with Gasteiger partial charge < -0.3 is 15.3 Å². The summed E-state index contributed by atoms with van der Waals surface area (Å²) in [7, 11) is 0. The molecule has 2 aliphatic rings. The SMILES string of the molecule is CCN1C(=O)Nc2c(F)c(CN3CCN(c4ccc(C(=O)O)c(F)c4F)CC3)cc3ncnc1c23. The summed E-state index contributed by atoms with van der Waals surface area (Å²) >= 11 is 0. The number of nitrogens with one attached hydrogen (secondary N) is 1. The van der Waals surface area contributed by atoms with E-state index in [4.69, 9.17) is 5.11 Å². The van der Waals surface area contributed by atoms with Crippen LogP contribution in [0.3, 0.4) is 0 Å². The number of hydrogen-bond donors (Lipinski definition) is 2. The second-order valence-corrected chi connectivity index (χ2v) is 8.32. The zero-order valence-electron chi connectivity index (χ0n) is 18.7. The van der Waals surface area contributed by atoms with Crippen LogP contribution < -0.4 is 15.1 Å². The van der Waals surface area contributed by atoms with Crippen molar-refractivity contribution in [3.05, 3.63) is 53.1 Å². The van der Waals surface area contributed by atoms with Gasteiger partial charge in [0, 0.05) is 44.8 Å². The van der Waals surface area contributed by atoms with Crippen molar-refractivity contribution >= 4 is 40.1 Å². The molecule has 0 atom stereocenters. The highest BCUT2D eigenvalue weighted by atomic mass is 19.2. The molecule has 12 heteroatoms. The molecule has 0 saturated carbocycles. The average molecular weight is 486 g/mol. The molecule has 5 rings (SSSR count). The van der Waals surface area contributed by atoms with E-state index in [1.807, 2.05) is 4.90 Å². The number of aromatic carboxylic acids is 1. The van der Waals surface area contributed by atoms with E-state index in [2.05, 4.69) is 15.3 Å². The summed E-state index contributed by atoms with van der Waals surface area (Å²) in [5, 5.41) is 12.0. The van der Waals surface area contributed by atoms with Gasteiger partial charge in [-0.1, -0.05) is 0 Å². The van der Waals surface area contributed by atoms with Crippen molar-refractivity contribution in [2.45, 2.75) is 13.5 Å². The van der Waals surface area contributed by atoms with Gasteiger partial charge in [-0.25, -0.2) is 32.7 Å². The van der Waals surface area contributed by atoms with Crippen LogP contribution in [0.2, 0.25) is 0 Å². The summed E-state index contributed by atoms with van der Waals surface area (Å²) in [6, 6.07) is 3.47. The number of amides is 2. The van der Waals surface area contributed by atoms with E-state index in [0.717, 1.165) is 6.07 Å². The number of piperazine rings is 1. The first kappa shape index (κ1) is 22.8. The van der Waals surface area contributed by atoms with Crippen LogP contribution in [0.15, 0.2) is 24.5 Å². The summed E-state index contributed by atoms with van der Waals surface area (Å²) < 4.78 is 44.0. The van der Waals surface area contributed by atoms with Crippen molar-refractivity contribution in [1.29, 1.82) is 0 Å². The lowest BCUT2D eigenvalue weighted by molar-refractivity contribution is 0.0690. The standard InChI is InChI=1S/C23H21F3N6O3/c1-2-32-21-16-14(27-11-28-21)9-12(17(24)20(16)29-23(32)35)10-30-5-7-31(8-6-30)15-4-3-13(22(33)34)18(25)19(15)26/h3-4,9,11H,2,5-8,10H2,1H3,(H,29,35)(H,33,34). The fourth-order valence-corrected chi connectivity index (χ4v) is 4.57. The Kier molecular flexibility index (Phi) is 5.67.